The van der Waals surface area contributed by atoms with Gasteiger partial charge in [-0.15, -0.1) is 11.3 Å². The van der Waals surface area contributed by atoms with Gasteiger partial charge in [-0.25, -0.2) is 4.99 Å². The number of hydrogen-bond acceptors (Lipinski definition) is 3. The van der Waals surface area contributed by atoms with E-state index < -0.39 is 0 Å². The molecule has 0 spiro atoms. The van der Waals surface area contributed by atoms with Crippen LogP contribution in [0, 0.1) is 0 Å². The van der Waals surface area contributed by atoms with E-state index in [2.05, 4.69) is 203 Å². The summed E-state index contributed by atoms with van der Waals surface area (Å²) in [5.41, 5.74) is 13.4. The van der Waals surface area contributed by atoms with Gasteiger partial charge < -0.3 is 14.0 Å². The number of para-hydroxylation sites is 3. The average molecular weight is 759 g/mol. The van der Waals surface area contributed by atoms with Gasteiger partial charge in [-0.05, 0) is 76.0 Å². The molecule has 0 N–H and O–H groups in total. The number of aromatic nitrogens is 2. The zero-order valence-electron chi connectivity index (χ0n) is 31.6. The van der Waals surface area contributed by atoms with Crippen molar-refractivity contribution in [3.8, 4) is 38.4 Å². The van der Waals surface area contributed by atoms with E-state index in [0.29, 0.717) is 0 Å². The number of rotatable bonds is 4. The molecule has 58 heavy (non-hydrogen) atoms. The lowest BCUT2D eigenvalue weighted by Crippen LogP contribution is -2.44. The molecular formula is C53H34N4S. The molecule has 272 valence electrons. The predicted octanol–water partition coefficient (Wildman–Crippen LogP) is 12.3. The van der Waals surface area contributed by atoms with E-state index in [-0.39, 0.29) is 6.29 Å². The topological polar surface area (TPSA) is 25.5 Å². The predicted molar refractivity (Wildman–Crippen MR) is 242 cm³/mol. The third-order valence-electron chi connectivity index (χ3n) is 12.5. The summed E-state index contributed by atoms with van der Waals surface area (Å²) in [6, 6.07) is 66.5. The van der Waals surface area contributed by atoms with Gasteiger partial charge >= 0.3 is 0 Å². The molecule has 0 radical (unpaired) electrons. The van der Waals surface area contributed by atoms with Crippen molar-refractivity contribution in [3.63, 3.8) is 0 Å². The Morgan fingerprint density at radius 1 is 0.517 bits per heavy atom. The van der Waals surface area contributed by atoms with Crippen LogP contribution >= 0.6 is 11.3 Å². The first-order valence-electron chi connectivity index (χ1n) is 19.9. The molecule has 1 aliphatic heterocycles. The first-order valence-corrected chi connectivity index (χ1v) is 20.7. The third-order valence-corrected chi connectivity index (χ3v) is 13.7. The zero-order valence-corrected chi connectivity index (χ0v) is 32.4. The van der Waals surface area contributed by atoms with E-state index in [1.807, 2.05) is 11.3 Å². The maximum absolute atomic E-state index is 5.74. The maximum Gasteiger partial charge on any atom is 0.203 e. The zero-order chi connectivity index (χ0) is 38.1. The van der Waals surface area contributed by atoms with Crippen LogP contribution in [-0.4, -0.2) is 21.1 Å². The highest BCUT2D eigenvalue weighted by atomic mass is 32.1. The second-order valence-corrected chi connectivity index (χ2v) is 16.6. The van der Waals surface area contributed by atoms with Crippen LogP contribution in [0.25, 0.3) is 97.6 Å². The lowest BCUT2D eigenvalue weighted by Gasteiger charge is -2.33. The van der Waals surface area contributed by atoms with Crippen molar-refractivity contribution in [2.75, 3.05) is 7.05 Å². The molecule has 4 heterocycles. The lowest BCUT2D eigenvalue weighted by atomic mass is 9.98. The molecule has 4 nitrogen and oxygen atoms in total. The molecule has 13 rings (SSSR count). The van der Waals surface area contributed by atoms with Crippen LogP contribution in [-0.2, 0) is 0 Å². The highest BCUT2D eigenvalue weighted by Gasteiger charge is 2.31. The van der Waals surface area contributed by atoms with E-state index >= 15 is 0 Å². The Balaban J connectivity index is 1.03. The second kappa shape index (κ2) is 11.9. The summed E-state index contributed by atoms with van der Waals surface area (Å²) in [6.07, 6.45) is -0.333. The quantitative estimate of drug-likeness (QED) is 0.175. The molecule has 1 aliphatic carbocycles. The highest BCUT2D eigenvalue weighted by Crippen LogP contribution is 2.54. The molecule has 5 heteroatoms. The minimum absolute atomic E-state index is 0.333. The van der Waals surface area contributed by atoms with E-state index in [0.717, 1.165) is 49.6 Å². The summed E-state index contributed by atoms with van der Waals surface area (Å²) in [6.45, 7) is 0. The Kier molecular flexibility index (Phi) is 6.55. The van der Waals surface area contributed by atoms with Crippen molar-refractivity contribution >= 4 is 70.6 Å². The molecule has 11 aromatic rings. The Bertz CT molecular complexity index is 3640. The molecule has 0 amide bonds. The van der Waals surface area contributed by atoms with Crippen LogP contribution in [0.3, 0.4) is 0 Å². The summed E-state index contributed by atoms with van der Waals surface area (Å²) in [7, 11) is 2.20. The number of fused-ring (bicyclic) bond motifs is 11. The van der Waals surface area contributed by atoms with E-state index in [1.54, 1.807) is 0 Å². The summed E-state index contributed by atoms with van der Waals surface area (Å²) in [5, 5.41) is 9.74. The Hall–Kier alpha value is -7.21. The monoisotopic (exact) mass is 758 g/mol. The Morgan fingerprint density at radius 3 is 1.98 bits per heavy atom. The molecule has 3 aromatic heterocycles. The molecule has 0 saturated heterocycles. The SMILES string of the molecule is CN1C(c2ccccc2)=c2c(c3ccccc3n2-c2ccccc2)=NC1n1c2ccccc2c2cc(-c3ccc4sc5c(c4c3)-c3cccc4cccc-5c34)ccc21. The minimum Gasteiger partial charge on any atom is -0.333 e. The van der Waals surface area contributed by atoms with Crippen molar-refractivity contribution in [1.29, 1.82) is 0 Å². The van der Waals surface area contributed by atoms with Gasteiger partial charge in [0.25, 0.3) is 0 Å². The number of nitrogens with zero attached hydrogens (tertiary/aromatic N) is 4. The molecular weight excluding hydrogens is 725 g/mol. The normalized spacial score (nSPS) is 14.5. The summed E-state index contributed by atoms with van der Waals surface area (Å²) in [5.74, 6) is 0. The molecule has 2 aliphatic rings. The summed E-state index contributed by atoms with van der Waals surface area (Å²) >= 11 is 1.92. The van der Waals surface area contributed by atoms with Crippen LogP contribution in [0.15, 0.2) is 187 Å². The molecule has 8 aromatic carbocycles. The first-order chi connectivity index (χ1) is 28.7. The van der Waals surface area contributed by atoms with Crippen LogP contribution in [0.5, 0.6) is 0 Å². The Labute approximate surface area is 338 Å². The fourth-order valence-electron chi connectivity index (χ4n) is 9.97. The van der Waals surface area contributed by atoms with Crippen molar-refractivity contribution in [2.24, 2.45) is 4.99 Å². The highest BCUT2D eigenvalue weighted by molar-refractivity contribution is 7.23. The van der Waals surface area contributed by atoms with Crippen molar-refractivity contribution in [3.05, 3.63) is 198 Å². The third kappa shape index (κ3) is 4.31. The van der Waals surface area contributed by atoms with Crippen LogP contribution in [0.4, 0.5) is 0 Å². The molecule has 1 atom stereocenters. The van der Waals surface area contributed by atoms with Gasteiger partial charge in [0.05, 0.1) is 33.0 Å². The van der Waals surface area contributed by atoms with Gasteiger partial charge in [0.15, 0.2) is 0 Å². The van der Waals surface area contributed by atoms with Crippen LogP contribution in [0.1, 0.15) is 11.9 Å². The van der Waals surface area contributed by atoms with E-state index in [9.17, 15) is 0 Å². The van der Waals surface area contributed by atoms with Gasteiger partial charge in [0.1, 0.15) is 0 Å². The number of thiophene rings is 1. The van der Waals surface area contributed by atoms with Gasteiger partial charge in [0, 0.05) is 60.5 Å². The first kappa shape index (κ1) is 31.9. The van der Waals surface area contributed by atoms with Crippen LogP contribution < -0.4 is 10.7 Å². The average Bonchev–Trinajstić information content (AvgIpc) is 4.01. The van der Waals surface area contributed by atoms with Crippen molar-refractivity contribution < 1.29 is 0 Å². The number of benzene rings is 8. The second-order valence-electron chi connectivity index (χ2n) is 15.5. The fraction of sp³-hybridized carbons (Fsp3) is 0.0377. The molecule has 0 fully saturated rings. The Morgan fingerprint density at radius 2 is 1.17 bits per heavy atom. The van der Waals surface area contributed by atoms with Gasteiger partial charge in [0.2, 0.25) is 6.29 Å². The molecule has 1 unspecified atom stereocenters. The van der Waals surface area contributed by atoms with E-state index in [4.69, 9.17) is 4.99 Å². The maximum atomic E-state index is 5.74. The lowest BCUT2D eigenvalue weighted by molar-refractivity contribution is 0.270. The smallest absolute Gasteiger partial charge is 0.203 e. The minimum atomic E-state index is -0.333. The van der Waals surface area contributed by atoms with E-state index in [1.165, 1.54) is 64.3 Å². The van der Waals surface area contributed by atoms with Crippen LogP contribution in [0.2, 0.25) is 0 Å². The van der Waals surface area contributed by atoms with Gasteiger partial charge in [-0.1, -0.05) is 133 Å². The van der Waals surface area contributed by atoms with Crippen molar-refractivity contribution in [2.45, 2.75) is 6.29 Å². The standard InChI is InChI=1S/C53H34N4S/c1-55-50(33-14-4-2-5-15-33)51-49(38-21-9-11-25-44(38)56(51)36-18-6-3-7-19-36)54-53(55)57-43-24-10-8-20-37(43)41-30-34(26-28-45(41)57)35-27-29-46-42(31-35)48-39-22-12-16-32-17-13-23-40(47(32)39)52(48)58-46/h2-31,53H,1H3. The largest absolute Gasteiger partial charge is 0.333 e. The molecule has 0 saturated carbocycles. The van der Waals surface area contributed by atoms with Gasteiger partial charge in [-0.3, -0.25) is 0 Å². The summed E-state index contributed by atoms with van der Waals surface area (Å²) in [4.78, 5) is 9.51. The number of hydrogen-bond donors (Lipinski definition) is 0. The van der Waals surface area contributed by atoms with Crippen molar-refractivity contribution in [1.82, 2.24) is 14.0 Å². The van der Waals surface area contributed by atoms with Gasteiger partial charge in [-0.2, -0.15) is 0 Å². The fourth-order valence-corrected chi connectivity index (χ4v) is 11.2. The molecule has 0 bridgehead atoms. The summed E-state index contributed by atoms with van der Waals surface area (Å²) < 4.78 is 6.17.